The van der Waals surface area contributed by atoms with Gasteiger partial charge in [-0.05, 0) is 6.92 Å². The molecule has 0 bridgehead atoms. The van der Waals surface area contributed by atoms with Crippen molar-refractivity contribution in [2.45, 2.75) is 32.9 Å². The molecule has 0 rings (SSSR count). The fraction of sp³-hybridized carbons (Fsp3) is 0.833. The molecule has 0 aromatic rings. The lowest BCUT2D eigenvalue weighted by atomic mass is 10.3. The van der Waals surface area contributed by atoms with Crippen LogP contribution in [0.15, 0.2) is 0 Å². The maximum absolute atomic E-state index is 11.0. The first-order chi connectivity index (χ1) is 5.72. The zero-order chi connectivity index (χ0) is 10.6. The van der Waals surface area contributed by atoms with Gasteiger partial charge in [0.15, 0.2) is 0 Å². The van der Waals surface area contributed by atoms with Gasteiger partial charge in [0.2, 0.25) is 0 Å². The van der Waals surface area contributed by atoms with Crippen LogP contribution in [0.4, 0.5) is 0 Å². The third kappa shape index (κ3) is 7.02. The molecular weight excluding hydrogens is 216 g/mol. The van der Waals surface area contributed by atoms with Crippen molar-refractivity contribution >= 4 is 24.2 Å². The van der Waals surface area contributed by atoms with Gasteiger partial charge in [-0.3, -0.25) is 4.79 Å². The molecule has 0 saturated carbocycles. The van der Waals surface area contributed by atoms with Crippen molar-refractivity contribution in [3.63, 3.8) is 0 Å². The van der Waals surface area contributed by atoms with Crippen LogP contribution < -0.4 is 5.32 Å². The smallest absolute Gasteiger partial charge is 0.379 e. The summed E-state index contributed by atoms with van der Waals surface area (Å²) in [4.78, 5) is 19.5. The Balaban J connectivity index is 4.05. The number of nitrogens with one attached hydrogen (secondary N) is 1. The van der Waals surface area contributed by atoms with Crippen molar-refractivity contribution in [1.29, 1.82) is 0 Å². The molecule has 2 atom stereocenters. The minimum Gasteiger partial charge on any atom is -0.379 e. The summed E-state index contributed by atoms with van der Waals surface area (Å²) in [5, 5.41) is 2.80. The molecule has 0 spiro atoms. The molecule has 0 amide bonds. The monoisotopic (exact) mass is 229 g/mol. The minimum absolute atomic E-state index is 0.0796. The van der Waals surface area contributed by atoms with Crippen LogP contribution in [0.2, 0.25) is 0 Å². The van der Waals surface area contributed by atoms with Gasteiger partial charge in [0.05, 0.1) is 0 Å². The predicted octanol–water partition coefficient (Wildman–Crippen LogP) is 1.26. The van der Waals surface area contributed by atoms with Gasteiger partial charge in [-0.1, -0.05) is 13.8 Å². The van der Waals surface area contributed by atoms with Crippen molar-refractivity contribution in [3.05, 3.63) is 0 Å². The van der Waals surface area contributed by atoms with E-state index in [1.807, 2.05) is 13.8 Å². The third-order valence-corrected chi connectivity index (χ3v) is 1.75. The molecule has 78 valence electrons. The van der Waals surface area contributed by atoms with E-state index in [0.29, 0.717) is 0 Å². The van der Waals surface area contributed by atoms with Gasteiger partial charge < -0.3 is 14.7 Å². The second kappa shape index (κ2) is 4.96. The maximum Gasteiger partial charge on any atom is 0.476 e. The molecular formula is C6H13ClNO4P. The molecule has 0 saturated heterocycles. The van der Waals surface area contributed by atoms with Gasteiger partial charge in [0.25, 0.3) is 0 Å². The molecule has 2 unspecified atom stereocenters. The Bertz CT molecular complexity index is 227. The van der Waals surface area contributed by atoms with Gasteiger partial charge in [-0.15, -0.1) is 0 Å². The van der Waals surface area contributed by atoms with Crippen molar-refractivity contribution in [3.8, 4) is 0 Å². The summed E-state index contributed by atoms with van der Waals surface area (Å²) in [5.41, 5.74) is 0. The number of carbonyl (C=O) groups is 1. The Morgan fingerprint density at radius 3 is 2.31 bits per heavy atom. The van der Waals surface area contributed by atoms with Crippen LogP contribution in [0.5, 0.6) is 0 Å². The van der Waals surface area contributed by atoms with Crippen LogP contribution in [-0.4, -0.2) is 22.9 Å². The van der Waals surface area contributed by atoms with Gasteiger partial charge in [-0.25, -0.2) is 4.57 Å². The first-order valence-corrected chi connectivity index (χ1v) is 6.22. The molecule has 0 aromatic carbocycles. The number of halogens is 1. The van der Waals surface area contributed by atoms with E-state index in [1.165, 1.54) is 6.92 Å². The number of rotatable bonds is 4. The summed E-state index contributed by atoms with van der Waals surface area (Å²) >= 11 is 4.85. The van der Waals surface area contributed by atoms with Crippen LogP contribution in [0, 0.1) is 0 Å². The van der Waals surface area contributed by atoms with Crippen molar-refractivity contribution in [1.82, 2.24) is 5.32 Å². The SMILES string of the molecule is CC(C)NC(C)C(=O)OP(=O)(O)Cl. The average Bonchev–Trinajstić information content (AvgIpc) is 1.81. The Kier molecular flexibility index (Phi) is 4.92. The van der Waals surface area contributed by atoms with E-state index in [4.69, 9.17) is 16.1 Å². The van der Waals surface area contributed by atoms with Gasteiger partial charge in [0, 0.05) is 17.3 Å². The summed E-state index contributed by atoms with van der Waals surface area (Å²) in [6, 6.07) is -0.574. The number of carbonyl (C=O) groups excluding carboxylic acids is 1. The van der Waals surface area contributed by atoms with Gasteiger partial charge in [-0.2, -0.15) is 0 Å². The Hall–Kier alpha value is -0.0900. The average molecular weight is 230 g/mol. The van der Waals surface area contributed by atoms with E-state index in [0.717, 1.165) is 0 Å². The standard InChI is InChI=1S/C6H13ClNO4P/c1-4(2)8-5(3)6(9)12-13(7,10)11/h4-5,8H,1-3H3,(H,10,11). The second-order valence-corrected chi connectivity index (χ2v) is 5.27. The van der Waals surface area contributed by atoms with E-state index < -0.39 is 19.0 Å². The summed E-state index contributed by atoms with van der Waals surface area (Å²) in [6.45, 7) is 0.959. The number of hydrogen-bond acceptors (Lipinski definition) is 4. The van der Waals surface area contributed by atoms with E-state index in [1.54, 1.807) is 0 Å². The Labute approximate surface area is 81.7 Å². The minimum atomic E-state index is -4.24. The van der Waals surface area contributed by atoms with Crippen LogP contribution in [0.25, 0.3) is 0 Å². The molecule has 0 aromatic heterocycles. The topological polar surface area (TPSA) is 75.6 Å². The van der Waals surface area contributed by atoms with Crippen LogP contribution in [-0.2, 0) is 13.9 Å². The summed E-state index contributed by atoms with van der Waals surface area (Å²) in [5.74, 6) is -0.838. The van der Waals surface area contributed by atoms with Crippen LogP contribution in [0.1, 0.15) is 20.8 Å². The van der Waals surface area contributed by atoms with Crippen molar-refractivity contribution < 1.29 is 18.8 Å². The van der Waals surface area contributed by atoms with E-state index >= 15 is 0 Å². The Morgan fingerprint density at radius 1 is 1.54 bits per heavy atom. The largest absolute Gasteiger partial charge is 0.476 e. The number of hydrogen-bond donors (Lipinski definition) is 2. The molecule has 13 heavy (non-hydrogen) atoms. The molecule has 0 aliphatic rings. The summed E-state index contributed by atoms with van der Waals surface area (Å²) in [7, 11) is 0. The highest BCUT2D eigenvalue weighted by atomic mass is 35.7. The van der Waals surface area contributed by atoms with E-state index in [2.05, 4.69) is 9.84 Å². The maximum atomic E-state index is 11.0. The third-order valence-electron chi connectivity index (χ3n) is 1.14. The van der Waals surface area contributed by atoms with Gasteiger partial charge in [0.1, 0.15) is 6.04 Å². The lowest BCUT2D eigenvalue weighted by Crippen LogP contribution is -2.39. The molecule has 5 nitrogen and oxygen atoms in total. The Morgan fingerprint density at radius 2 is 2.00 bits per heavy atom. The molecule has 0 heterocycles. The van der Waals surface area contributed by atoms with Crippen molar-refractivity contribution in [2.24, 2.45) is 0 Å². The lowest BCUT2D eigenvalue weighted by molar-refractivity contribution is -0.136. The fourth-order valence-electron chi connectivity index (χ4n) is 0.758. The van der Waals surface area contributed by atoms with Crippen LogP contribution >= 0.6 is 18.2 Å². The molecule has 0 radical (unpaired) electrons. The molecule has 0 aliphatic carbocycles. The van der Waals surface area contributed by atoms with E-state index in [9.17, 15) is 9.36 Å². The molecule has 0 aliphatic heterocycles. The molecule has 0 fully saturated rings. The van der Waals surface area contributed by atoms with Gasteiger partial charge >= 0.3 is 12.9 Å². The normalized spacial score (nSPS) is 18.0. The van der Waals surface area contributed by atoms with Crippen LogP contribution in [0.3, 0.4) is 0 Å². The first-order valence-electron chi connectivity index (χ1n) is 3.74. The van der Waals surface area contributed by atoms with E-state index in [-0.39, 0.29) is 6.04 Å². The molecule has 7 heteroatoms. The summed E-state index contributed by atoms with van der Waals surface area (Å²) in [6.07, 6.45) is 0. The highest BCUT2D eigenvalue weighted by Crippen LogP contribution is 2.47. The lowest BCUT2D eigenvalue weighted by Gasteiger charge is -2.15. The first kappa shape index (κ1) is 12.9. The molecule has 2 N–H and O–H groups in total. The quantitative estimate of drug-likeness (QED) is 0.710. The van der Waals surface area contributed by atoms with Crippen molar-refractivity contribution in [2.75, 3.05) is 0 Å². The second-order valence-electron chi connectivity index (χ2n) is 2.90. The zero-order valence-electron chi connectivity index (χ0n) is 7.65. The zero-order valence-corrected chi connectivity index (χ0v) is 9.30. The highest BCUT2D eigenvalue weighted by Gasteiger charge is 2.24. The fourth-order valence-corrected chi connectivity index (χ4v) is 1.34. The summed E-state index contributed by atoms with van der Waals surface area (Å²) < 4.78 is 14.5. The highest BCUT2D eigenvalue weighted by molar-refractivity contribution is 7.80. The predicted molar refractivity (Wildman–Crippen MR) is 49.5 cm³/mol.